The first-order chi connectivity index (χ1) is 12.7. The van der Waals surface area contributed by atoms with Gasteiger partial charge in [-0.1, -0.05) is 54.6 Å². The van der Waals surface area contributed by atoms with Gasteiger partial charge in [0, 0.05) is 10.9 Å². The molecule has 5 nitrogen and oxygen atoms in total. The number of carbonyl (C=O) groups is 1. The van der Waals surface area contributed by atoms with Crippen molar-refractivity contribution in [2.45, 2.75) is 0 Å². The van der Waals surface area contributed by atoms with Crippen molar-refractivity contribution in [2.75, 3.05) is 0 Å². The summed E-state index contributed by atoms with van der Waals surface area (Å²) in [6.45, 7) is 0. The molecule has 1 amide bonds. The number of phenolic OH excluding ortho intramolecular Hbond substituents is 1. The number of fused-ring (bicyclic) bond motifs is 2. The summed E-state index contributed by atoms with van der Waals surface area (Å²) in [7, 11) is 0. The van der Waals surface area contributed by atoms with E-state index in [9.17, 15) is 9.90 Å². The second kappa shape index (κ2) is 6.64. The number of hydrogen-bond acceptors (Lipinski definition) is 4. The first kappa shape index (κ1) is 15.8. The third kappa shape index (κ3) is 2.98. The average Bonchev–Trinajstić information content (AvgIpc) is 2.69. The highest BCUT2D eigenvalue weighted by molar-refractivity contribution is 6.03. The predicted molar refractivity (Wildman–Crippen MR) is 102 cm³/mol. The normalized spacial score (nSPS) is 11.2. The number of rotatable bonds is 3. The molecule has 4 aromatic rings. The number of phenols is 1. The molecule has 1 aromatic heterocycles. The predicted octanol–water partition coefficient (Wildman–Crippen LogP) is 3.86. The Kier molecular flexibility index (Phi) is 4.03. The summed E-state index contributed by atoms with van der Waals surface area (Å²) in [4.78, 5) is 16.6. The molecule has 5 heteroatoms. The highest BCUT2D eigenvalue weighted by Crippen LogP contribution is 2.25. The lowest BCUT2D eigenvalue weighted by molar-refractivity contribution is 0.0950. The quantitative estimate of drug-likeness (QED) is 0.439. The minimum absolute atomic E-state index is 0.102. The molecule has 0 unspecified atom stereocenters. The minimum atomic E-state index is -0.410. The lowest BCUT2D eigenvalue weighted by Crippen LogP contribution is -2.19. The van der Waals surface area contributed by atoms with E-state index >= 15 is 0 Å². The Hall–Kier alpha value is -3.73. The van der Waals surface area contributed by atoms with Crippen LogP contribution in [0.3, 0.4) is 0 Å². The number of carbonyl (C=O) groups excluding carboxylic acids is 1. The monoisotopic (exact) mass is 341 g/mol. The maximum atomic E-state index is 12.3. The molecule has 2 N–H and O–H groups in total. The third-order valence-electron chi connectivity index (χ3n) is 4.14. The van der Waals surface area contributed by atoms with Gasteiger partial charge in [0.25, 0.3) is 5.91 Å². The molecular weight excluding hydrogens is 326 g/mol. The number of aromatic nitrogens is 1. The number of nitrogens with one attached hydrogen (secondary N) is 1. The number of pyridine rings is 1. The molecule has 0 radical (unpaired) electrons. The van der Waals surface area contributed by atoms with Crippen molar-refractivity contribution in [3.63, 3.8) is 0 Å². The first-order valence-electron chi connectivity index (χ1n) is 8.12. The highest BCUT2D eigenvalue weighted by atomic mass is 16.3. The Balaban J connectivity index is 1.58. The van der Waals surface area contributed by atoms with E-state index in [-0.39, 0.29) is 11.4 Å². The van der Waals surface area contributed by atoms with E-state index in [0.717, 1.165) is 21.7 Å². The molecule has 0 aliphatic heterocycles. The first-order valence-corrected chi connectivity index (χ1v) is 8.12. The van der Waals surface area contributed by atoms with Crippen LogP contribution in [-0.4, -0.2) is 22.2 Å². The molecular formula is C21H15N3O2. The number of amides is 1. The SMILES string of the molecule is O=C(N/N=C/c1c(O)ccc2ccccc12)c1ccc2ccccc2n1. The van der Waals surface area contributed by atoms with Gasteiger partial charge in [0.15, 0.2) is 0 Å². The fraction of sp³-hybridized carbons (Fsp3) is 0. The van der Waals surface area contributed by atoms with Crippen LogP contribution in [0.1, 0.15) is 16.1 Å². The molecule has 0 fully saturated rings. The van der Waals surface area contributed by atoms with Crippen LogP contribution in [0.25, 0.3) is 21.7 Å². The van der Waals surface area contributed by atoms with Gasteiger partial charge in [-0.3, -0.25) is 4.79 Å². The van der Waals surface area contributed by atoms with Gasteiger partial charge < -0.3 is 5.11 Å². The van der Waals surface area contributed by atoms with Crippen LogP contribution in [0.2, 0.25) is 0 Å². The van der Waals surface area contributed by atoms with Gasteiger partial charge in [0.05, 0.1) is 11.7 Å². The van der Waals surface area contributed by atoms with E-state index < -0.39 is 5.91 Å². The molecule has 0 atom stereocenters. The number of nitrogens with zero attached hydrogens (tertiary/aromatic N) is 2. The van der Waals surface area contributed by atoms with Crippen molar-refractivity contribution in [2.24, 2.45) is 5.10 Å². The van der Waals surface area contributed by atoms with Crippen molar-refractivity contribution in [3.05, 3.63) is 84.1 Å². The smallest absolute Gasteiger partial charge is 0.289 e. The maximum Gasteiger partial charge on any atom is 0.289 e. The van der Waals surface area contributed by atoms with Crippen molar-refractivity contribution in [3.8, 4) is 5.75 Å². The standard InChI is InChI=1S/C21H15N3O2/c25-20-12-10-14-5-1-3-7-16(14)17(20)13-22-24-21(26)19-11-9-15-6-2-4-8-18(15)23-19/h1-13,25H,(H,24,26)/b22-13+. The molecule has 3 aromatic carbocycles. The summed E-state index contributed by atoms with van der Waals surface area (Å²) in [5.74, 6) is -0.308. The number of aromatic hydroxyl groups is 1. The van der Waals surface area contributed by atoms with Crippen LogP contribution < -0.4 is 5.43 Å². The number of hydrazone groups is 1. The zero-order chi connectivity index (χ0) is 17.9. The Morgan fingerprint density at radius 2 is 1.65 bits per heavy atom. The van der Waals surface area contributed by atoms with E-state index in [1.807, 2.05) is 60.7 Å². The summed E-state index contributed by atoms with van der Waals surface area (Å²) in [5, 5.41) is 16.9. The molecule has 0 aliphatic rings. The number of benzene rings is 3. The van der Waals surface area contributed by atoms with Crippen LogP contribution in [0, 0.1) is 0 Å². The van der Waals surface area contributed by atoms with Gasteiger partial charge in [-0.05, 0) is 29.0 Å². The van der Waals surface area contributed by atoms with Gasteiger partial charge in [0.1, 0.15) is 11.4 Å². The van der Waals surface area contributed by atoms with Gasteiger partial charge in [-0.25, -0.2) is 10.4 Å². The Labute approximate surface area is 149 Å². The summed E-state index contributed by atoms with van der Waals surface area (Å²) in [6, 6.07) is 22.2. The van der Waals surface area contributed by atoms with Crippen LogP contribution in [0.15, 0.2) is 77.9 Å². The van der Waals surface area contributed by atoms with Crippen molar-refractivity contribution < 1.29 is 9.90 Å². The van der Waals surface area contributed by atoms with Crippen LogP contribution >= 0.6 is 0 Å². The maximum absolute atomic E-state index is 12.3. The Bertz CT molecular complexity index is 1150. The summed E-state index contributed by atoms with van der Waals surface area (Å²) < 4.78 is 0. The van der Waals surface area contributed by atoms with E-state index in [0.29, 0.717) is 5.56 Å². The topological polar surface area (TPSA) is 74.6 Å². The van der Waals surface area contributed by atoms with Crippen molar-refractivity contribution in [1.82, 2.24) is 10.4 Å². The van der Waals surface area contributed by atoms with Gasteiger partial charge in [-0.15, -0.1) is 0 Å². The molecule has 0 aliphatic carbocycles. The zero-order valence-corrected chi connectivity index (χ0v) is 13.8. The molecule has 0 saturated carbocycles. The molecule has 0 bridgehead atoms. The van der Waals surface area contributed by atoms with E-state index in [4.69, 9.17) is 0 Å². The molecule has 0 spiro atoms. The van der Waals surface area contributed by atoms with E-state index in [2.05, 4.69) is 15.5 Å². The fourth-order valence-corrected chi connectivity index (χ4v) is 2.82. The summed E-state index contributed by atoms with van der Waals surface area (Å²) >= 11 is 0. The van der Waals surface area contributed by atoms with Crippen LogP contribution in [0.5, 0.6) is 5.75 Å². The Morgan fingerprint density at radius 1 is 0.923 bits per heavy atom. The van der Waals surface area contributed by atoms with Gasteiger partial charge in [0.2, 0.25) is 0 Å². The largest absolute Gasteiger partial charge is 0.507 e. The number of para-hydroxylation sites is 1. The second-order valence-corrected chi connectivity index (χ2v) is 5.81. The molecule has 1 heterocycles. The highest BCUT2D eigenvalue weighted by Gasteiger charge is 2.08. The van der Waals surface area contributed by atoms with Gasteiger partial charge in [-0.2, -0.15) is 5.10 Å². The summed E-state index contributed by atoms with van der Waals surface area (Å²) in [6.07, 6.45) is 1.44. The molecule has 126 valence electrons. The van der Waals surface area contributed by atoms with Crippen molar-refractivity contribution in [1.29, 1.82) is 0 Å². The van der Waals surface area contributed by atoms with E-state index in [1.165, 1.54) is 6.21 Å². The molecule has 0 saturated heterocycles. The summed E-state index contributed by atoms with van der Waals surface area (Å²) in [5.41, 5.74) is 4.04. The van der Waals surface area contributed by atoms with E-state index in [1.54, 1.807) is 12.1 Å². The molecule has 26 heavy (non-hydrogen) atoms. The van der Waals surface area contributed by atoms with Crippen LogP contribution in [-0.2, 0) is 0 Å². The van der Waals surface area contributed by atoms with Crippen LogP contribution in [0.4, 0.5) is 0 Å². The lowest BCUT2D eigenvalue weighted by atomic mass is 10.0. The third-order valence-corrected chi connectivity index (χ3v) is 4.14. The average molecular weight is 341 g/mol. The second-order valence-electron chi connectivity index (χ2n) is 5.81. The Morgan fingerprint density at radius 3 is 2.54 bits per heavy atom. The van der Waals surface area contributed by atoms with Gasteiger partial charge >= 0.3 is 0 Å². The lowest BCUT2D eigenvalue weighted by Gasteiger charge is -2.05. The minimum Gasteiger partial charge on any atom is -0.507 e. The van der Waals surface area contributed by atoms with Crippen molar-refractivity contribution >= 4 is 33.8 Å². The number of hydrogen-bond donors (Lipinski definition) is 2. The fourth-order valence-electron chi connectivity index (χ4n) is 2.82. The molecule has 4 rings (SSSR count). The zero-order valence-electron chi connectivity index (χ0n) is 13.8.